The van der Waals surface area contributed by atoms with E-state index in [4.69, 9.17) is 5.73 Å². The lowest BCUT2D eigenvalue weighted by Crippen LogP contribution is -2.34. The Morgan fingerprint density at radius 3 is 2.87 bits per heavy atom. The van der Waals surface area contributed by atoms with Crippen molar-refractivity contribution in [3.05, 3.63) is 42.5 Å². The highest BCUT2D eigenvalue weighted by atomic mass is 32.2. The molecule has 2 rings (SSSR count). The van der Waals surface area contributed by atoms with Gasteiger partial charge in [-0.1, -0.05) is 12.1 Å². The molecule has 126 valence electrons. The van der Waals surface area contributed by atoms with Gasteiger partial charge in [-0.05, 0) is 44.0 Å². The van der Waals surface area contributed by atoms with Crippen LogP contribution in [0, 0.1) is 5.92 Å². The van der Waals surface area contributed by atoms with Crippen LogP contribution in [0.5, 0.6) is 0 Å². The average Bonchev–Trinajstić information content (AvgIpc) is 2.93. The first kappa shape index (κ1) is 17.7. The van der Waals surface area contributed by atoms with E-state index in [1.54, 1.807) is 17.0 Å². The molecule has 2 unspecified atom stereocenters. The molecule has 0 spiro atoms. The molecule has 0 saturated carbocycles. The van der Waals surface area contributed by atoms with Gasteiger partial charge in [-0.25, -0.2) is 13.1 Å². The van der Waals surface area contributed by atoms with Gasteiger partial charge in [-0.3, -0.25) is 4.79 Å². The maximum Gasteiger partial charge on any atom is 0.254 e. The Labute approximate surface area is 137 Å². The molecule has 1 aromatic rings. The number of nitrogens with zero attached hydrogens (tertiary/aromatic N) is 1. The number of hydrogen-bond acceptors (Lipinski definition) is 4. The van der Waals surface area contributed by atoms with Gasteiger partial charge in [0.1, 0.15) is 0 Å². The van der Waals surface area contributed by atoms with Crippen molar-refractivity contribution in [2.24, 2.45) is 11.7 Å². The van der Waals surface area contributed by atoms with Crippen molar-refractivity contribution in [3.63, 3.8) is 0 Å². The van der Waals surface area contributed by atoms with Crippen LogP contribution in [0.4, 0.5) is 0 Å². The molecule has 1 aliphatic rings. The Hall–Kier alpha value is -1.70. The molecule has 7 heteroatoms. The van der Waals surface area contributed by atoms with E-state index in [0.717, 1.165) is 6.42 Å². The fourth-order valence-corrected chi connectivity index (χ4v) is 3.85. The van der Waals surface area contributed by atoms with Crippen molar-refractivity contribution < 1.29 is 13.2 Å². The lowest BCUT2D eigenvalue weighted by atomic mass is 10.1. The van der Waals surface area contributed by atoms with Crippen molar-refractivity contribution in [3.8, 4) is 0 Å². The highest BCUT2D eigenvalue weighted by Gasteiger charge is 2.32. The Morgan fingerprint density at radius 2 is 2.26 bits per heavy atom. The van der Waals surface area contributed by atoms with E-state index in [1.807, 2.05) is 6.92 Å². The lowest BCUT2D eigenvalue weighted by molar-refractivity contribution is 0.0743. The van der Waals surface area contributed by atoms with Crippen LogP contribution in [0.3, 0.4) is 0 Å². The Balaban J connectivity index is 2.23. The molecular formula is C16H23N3O3S. The van der Waals surface area contributed by atoms with E-state index in [0.29, 0.717) is 24.6 Å². The van der Waals surface area contributed by atoms with Crippen LogP contribution < -0.4 is 10.5 Å². The van der Waals surface area contributed by atoms with Gasteiger partial charge in [0, 0.05) is 24.7 Å². The second-order valence-electron chi connectivity index (χ2n) is 5.81. The molecule has 1 heterocycles. The van der Waals surface area contributed by atoms with Crippen molar-refractivity contribution in [1.29, 1.82) is 0 Å². The maximum absolute atomic E-state index is 12.7. The predicted molar refractivity (Wildman–Crippen MR) is 89.5 cm³/mol. The van der Waals surface area contributed by atoms with E-state index >= 15 is 0 Å². The maximum atomic E-state index is 12.7. The molecule has 0 radical (unpaired) electrons. The molecule has 1 fully saturated rings. The molecule has 23 heavy (non-hydrogen) atoms. The van der Waals surface area contributed by atoms with Crippen molar-refractivity contribution in [1.82, 2.24) is 9.62 Å². The van der Waals surface area contributed by atoms with Crippen LogP contribution in [0.15, 0.2) is 41.8 Å². The van der Waals surface area contributed by atoms with E-state index in [1.165, 1.54) is 18.2 Å². The normalized spacial score (nSPS) is 21.4. The fraction of sp³-hybridized carbons (Fsp3) is 0.438. The third-order valence-electron chi connectivity index (χ3n) is 4.06. The van der Waals surface area contributed by atoms with E-state index in [2.05, 4.69) is 11.3 Å². The molecule has 0 aliphatic carbocycles. The van der Waals surface area contributed by atoms with Gasteiger partial charge in [-0.15, -0.1) is 6.58 Å². The van der Waals surface area contributed by atoms with Crippen LogP contribution >= 0.6 is 0 Å². The van der Waals surface area contributed by atoms with Crippen LogP contribution in [-0.4, -0.2) is 44.9 Å². The number of carbonyl (C=O) groups is 1. The highest BCUT2D eigenvalue weighted by Crippen LogP contribution is 2.24. The summed E-state index contributed by atoms with van der Waals surface area (Å²) in [5.41, 5.74) is 6.06. The predicted octanol–water partition coefficient (Wildman–Crippen LogP) is 0.960. The Kier molecular flexibility index (Phi) is 5.56. The number of carbonyl (C=O) groups excluding carboxylic acids is 1. The van der Waals surface area contributed by atoms with Crippen LogP contribution in [0.2, 0.25) is 0 Å². The monoisotopic (exact) mass is 337 g/mol. The van der Waals surface area contributed by atoms with Gasteiger partial charge in [0.2, 0.25) is 10.0 Å². The average molecular weight is 337 g/mol. The third-order valence-corrected chi connectivity index (χ3v) is 5.49. The zero-order chi connectivity index (χ0) is 17.0. The number of benzene rings is 1. The summed E-state index contributed by atoms with van der Waals surface area (Å²) in [5, 5.41) is 0. The van der Waals surface area contributed by atoms with E-state index in [9.17, 15) is 13.2 Å². The second-order valence-corrected chi connectivity index (χ2v) is 7.58. The van der Waals surface area contributed by atoms with Gasteiger partial charge in [0.25, 0.3) is 5.91 Å². The number of likely N-dealkylation sites (tertiary alicyclic amines) is 1. The first-order valence-electron chi connectivity index (χ1n) is 7.60. The molecule has 0 bridgehead atoms. The SMILES string of the molecule is C=CCNS(=O)(=O)c1cccc(C(=O)N2CC(CN)CC2C)c1. The highest BCUT2D eigenvalue weighted by molar-refractivity contribution is 7.89. The van der Waals surface area contributed by atoms with Crippen molar-refractivity contribution in [2.75, 3.05) is 19.6 Å². The summed E-state index contributed by atoms with van der Waals surface area (Å²) in [6, 6.07) is 6.21. The zero-order valence-corrected chi connectivity index (χ0v) is 14.1. The number of hydrogen-bond donors (Lipinski definition) is 2. The topological polar surface area (TPSA) is 92.5 Å². The molecule has 1 amide bonds. The first-order chi connectivity index (χ1) is 10.9. The number of rotatable bonds is 6. The van der Waals surface area contributed by atoms with Gasteiger partial charge in [0.05, 0.1) is 4.90 Å². The summed E-state index contributed by atoms with van der Waals surface area (Å²) >= 11 is 0. The largest absolute Gasteiger partial charge is 0.336 e. The summed E-state index contributed by atoms with van der Waals surface area (Å²) < 4.78 is 26.7. The summed E-state index contributed by atoms with van der Waals surface area (Å²) in [4.78, 5) is 14.5. The minimum Gasteiger partial charge on any atom is -0.336 e. The minimum atomic E-state index is -3.64. The third kappa shape index (κ3) is 3.99. The molecule has 1 aromatic carbocycles. The quantitative estimate of drug-likeness (QED) is 0.756. The fourth-order valence-electron chi connectivity index (χ4n) is 2.81. The van der Waals surface area contributed by atoms with Crippen LogP contribution in [0.25, 0.3) is 0 Å². The number of nitrogens with two attached hydrogens (primary N) is 1. The lowest BCUT2D eigenvalue weighted by Gasteiger charge is -2.21. The smallest absolute Gasteiger partial charge is 0.254 e. The summed E-state index contributed by atoms with van der Waals surface area (Å²) in [6.07, 6.45) is 2.34. The first-order valence-corrected chi connectivity index (χ1v) is 9.09. The van der Waals surface area contributed by atoms with E-state index in [-0.39, 0.29) is 23.4 Å². The summed E-state index contributed by atoms with van der Waals surface area (Å²) in [7, 11) is -3.64. The van der Waals surface area contributed by atoms with Gasteiger partial charge < -0.3 is 10.6 Å². The van der Waals surface area contributed by atoms with E-state index < -0.39 is 10.0 Å². The molecular weight excluding hydrogens is 314 g/mol. The molecule has 1 aliphatic heterocycles. The van der Waals surface area contributed by atoms with Gasteiger partial charge in [-0.2, -0.15) is 0 Å². The molecule has 0 aromatic heterocycles. The standard InChI is InChI=1S/C16H23N3O3S/c1-3-7-18-23(21,22)15-6-4-5-14(9-15)16(20)19-11-13(10-17)8-12(19)2/h3-6,9,12-13,18H,1,7-8,10-11,17H2,2H3. The number of amides is 1. The number of sulfonamides is 1. The molecule has 2 atom stereocenters. The van der Waals surface area contributed by atoms with Crippen LogP contribution in [0.1, 0.15) is 23.7 Å². The number of nitrogens with one attached hydrogen (secondary N) is 1. The van der Waals surface area contributed by atoms with Crippen molar-refractivity contribution >= 4 is 15.9 Å². The van der Waals surface area contributed by atoms with Crippen LogP contribution in [-0.2, 0) is 10.0 Å². The van der Waals surface area contributed by atoms with Crippen molar-refractivity contribution in [2.45, 2.75) is 24.3 Å². The Bertz CT molecular complexity index is 688. The molecule has 6 nitrogen and oxygen atoms in total. The second kappa shape index (κ2) is 7.25. The van der Waals surface area contributed by atoms with Gasteiger partial charge in [0.15, 0.2) is 0 Å². The zero-order valence-electron chi connectivity index (χ0n) is 13.2. The molecule has 3 N–H and O–H groups in total. The summed E-state index contributed by atoms with van der Waals surface area (Å²) in [6.45, 7) is 6.77. The summed E-state index contributed by atoms with van der Waals surface area (Å²) in [5.74, 6) is 0.143. The van der Waals surface area contributed by atoms with Gasteiger partial charge >= 0.3 is 0 Å². The molecule has 1 saturated heterocycles. The Morgan fingerprint density at radius 1 is 1.52 bits per heavy atom. The minimum absolute atomic E-state index is 0.0763.